The number of halogens is 4. The molecule has 0 amide bonds. The monoisotopic (exact) mass is 403 g/mol. The molecule has 1 aromatic heterocycles. The summed E-state index contributed by atoms with van der Waals surface area (Å²) in [5.41, 5.74) is -0.671. The molecule has 148 valence electrons. The minimum absolute atomic E-state index is 0.0974. The Morgan fingerprint density at radius 1 is 1.37 bits per heavy atom. The zero-order valence-electron chi connectivity index (χ0n) is 15.3. The van der Waals surface area contributed by atoms with Crippen molar-refractivity contribution in [3.8, 4) is 17.0 Å². The molecule has 0 spiro atoms. The topological polar surface area (TPSA) is 37.4 Å². The maximum Gasteiger partial charge on any atom is 0.420 e. The van der Waals surface area contributed by atoms with Crippen molar-refractivity contribution in [1.82, 2.24) is 9.88 Å². The summed E-state index contributed by atoms with van der Waals surface area (Å²) in [6.07, 6.45) is -2.56. The molecule has 0 bridgehead atoms. The molecule has 1 unspecified atom stereocenters. The van der Waals surface area contributed by atoms with Crippen LogP contribution in [0.15, 0.2) is 12.1 Å². The first-order chi connectivity index (χ1) is 12.7. The second kappa shape index (κ2) is 7.63. The first-order valence-corrected chi connectivity index (χ1v) is 9.42. The number of hydrogen-bond donors (Lipinski definition) is 1. The zero-order valence-corrected chi connectivity index (χ0v) is 16.1. The Morgan fingerprint density at radius 2 is 2.11 bits per heavy atom. The van der Waals surface area contributed by atoms with Crippen LogP contribution in [-0.2, 0) is 12.7 Å². The van der Waals surface area contributed by atoms with Crippen LogP contribution < -0.4 is 10.1 Å². The number of likely N-dealkylation sites (tertiary alicyclic amines) is 1. The van der Waals surface area contributed by atoms with Crippen molar-refractivity contribution in [2.75, 3.05) is 26.0 Å². The summed E-state index contributed by atoms with van der Waals surface area (Å²) in [5, 5.41) is 3.50. The number of nitrogens with one attached hydrogen (secondary N) is 1. The van der Waals surface area contributed by atoms with Crippen LogP contribution in [0.25, 0.3) is 11.3 Å². The lowest BCUT2D eigenvalue weighted by molar-refractivity contribution is -0.139. The van der Waals surface area contributed by atoms with Crippen molar-refractivity contribution in [2.45, 2.75) is 38.5 Å². The van der Waals surface area contributed by atoms with Gasteiger partial charge in [-0.05, 0) is 38.4 Å². The van der Waals surface area contributed by atoms with Crippen LogP contribution in [0, 0.1) is 5.82 Å². The number of ether oxygens (including phenoxy) is 1. The fourth-order valence-electron chi connectivity index (χ4n) is 3.35. The van der Waals surface area contributed by atoms with Crippen molar-refractivity contribution in [2.24, 2.45) is 0 Å². The van der Waals surface area contributed by atoms with Crippen LogP contribution in [0.3, 0.4) is 0 Å². The van der Waals surface area contributed by atoms with Gasteiger partial charge in [0, 0.05) is 30.1 Å². The largest absolute Gasteiger partial charge is 0.493 e. The summed E-state index contributed by atoms with van der Waals surface area (Å²) in [6.45, 7) is 3.63. The SMILES string of the molecule is CNc1nc(-c2cc(F)c(OC)c(C(F)(F)F)c2)c(CN2CCCC2C)s1. The third-order valence-electron chi connectivity index (χ3n) is 4.78. The predicted octanol–water partition coefficient (Wildman–Crippen LogP) is 5.00. The van der Waals surface area contributed by atoms with Gasteiger partial charge in [0.15, 0.2) is 16.7 Å². The first kappa shape index (κ1) is 19.9. The Morgan fingerprint density at radius 3 is 2.67 bits per heavy atom. The van der Waals surface area contributed by atoms with Crippen LogP contribution in [0.4, 0.5) is 22.7 Å². The van der Waals surface area contributed by atoms with Gasteiger partial charge in [-0.1, -0.05) is 0 Å². The predicted molar refractivity (Wildman–Crippen MR) is 97.7 cm³/mol. The summed E-state index contributed by atoms with van der Waals surface area (Å²) >= 11 is 1.37. The molecule has 1 atom stereocenters. The van der Waals surface area contributed by atoms with E-state index in [9.17, 15) is 17.6 Å². The van der Waals surface area contributed by atoms with E-state index < -0.39 is 23.3 Å². The third kappa shape index (κ3) is 4.03. The lowest BCUT2D eigenvalue weighted by Gasteiger charge is -2.20. The van der Waals surface area contributed by atoms with E-state index >= 15 is 0 Å². The van der Waals surface area contributed by atoms with E-state index in [0.29, 0.717) is 23.4 Å². The molecule has 2 heterocycles. The van der Waals surface area contributed by atoms with E-state index in [0.717, 1.165) is 43.5 Å². The van der Waals surface area contributed by atoms with Gasteiger partial charge < -0.3 is 10.1 Å². The second-order valence-corrected chi connectivity index (χ2v) is 7.62. The number of thiazole rings is 1. The molecule has 1 aliphatic heterocycles. The molecule has 0 radical (unpaired) electrons. The lowest BCUT2D eigenvalue weighted by atomic mass is 10.0. The summed E-state index contributed by atoms with van der Waals surface area (Å²) < 4.78 is 59.1. The van der Waals surface area contributed by atoms with Crippen molar-refractivity contribution in [3.05, 3.63) is 28.4 Å². The second-order valence-electron chi connectivity index (χ2n) is 6.54. The van der Waals surface area contributed by atoms with Crippen molar-refractivity contribution in [1.29, 1.82) is 0 Å². The molecule has 1 aromatic carbocycles. The van der Waals surface area contributed by atoms with E-state index in [1.165, 1.54) is 11.3 Å². The molecule has 0 saturated carbocycles. The maximum absolute atomic E-state index is 14.3. The van der Waals surface area contributed by atoms with Gasteiger partial charge in [-0.15, -0.1) is 11.3 Å². The Hall–Kier alpha value is -1.87. The molecule has 4 nitrogen and oxygen atoms in total. The molecule has 1 saturated heterocycles. The lowest BCUT2D eigenvalue weighted by Crippen LogP contribution is -2.25. The molecule has 3 rings (SSSR count). The summed E-state index contributed by atoms with van der Waals surface area (Å²) in [4.78, 5) is 7.47. The quantitative estimate of drug-likeness (QED) is 0.713. The molecule has 9 heteroatoms. The first-order valence-electron chi connectivity index (χ1n) is 8.61. The van der Waals surface area contributed by atoms with Gasteiger partial charge in [-0.3, -0.25) is 4.90 Å². The van der Waals surface area contributed by atoms with Crippen LogP contribution >= 0.6 is 11.3 Å². The van der Waals surface area contributed by atoms with Crippen molar-refractivity contribution < 1.29 is 22.3 Å². The van der Waals surface area contributed by atoms with Crippen LogP contribution in [0.2, 0.25) is 0 Å². The highest BCUT2D eigenvalue weighted by atomic mass is 32.1. The summed E-state index contributed by atoms with van der Waals surface area (Å²) in [7, 11) is 2.72. The van der Waals surface area contributed by atoms with E-state index in [2.05, 4.69) is 26.9 Å². The van der Waals surface area contributed by atoms with Crippen molar-refractivity contribution >= 4 is 16.5 Å². The number of hydrogen-bond acceptors (Lipinski definition) is 5. The Labute approximate surface area is 159 Å². The van der Waals surface area contributed by atoms with E-state index in [1.54, 1.807) is 7.05 Å². The molecular weight excluding hydrogens is 382 g/mol. The molecule has 0 aliphatic carbocycles. The fourth-order valence-corrected chi connectivity index (χ4v) is 4.31. The highest BCUT2D eigenvalue weighted by Gasteiger charge is 2.37. The van der Waals surface area contributed by atoms with Gasteiger partial charge in [-0.2, -0.15) is 13.2 Å². The smallest absolute Gasteiger partial charge is 0.420 e. The molecule has 2 aromatic rings. The van der Waals surface area contributed by atoms with Gasteiger partial charge in [-0.25, -0.2) is 9.37 Å². The molecule has 27 heavy (non-hydrogen) atoms. The van der Waals surface area contributed by atoms with Crippen LogP contribution in [0.5, 0.6) is 5.75 Å². The Balaban J connectivity index is 2.08. The van der Waals surface area contributed by atoms with Gasteiger partial charge in [0.2, 0.25) is 0 Å². The summed E-state index contributed by atoms with van der Waals surface area (Å²) in [6, 6.07) is 2.36. The Bertz CT molecular complexity index is 822. The third-order valence-corrected chi connectivity index (χ3v) is 5.83. The number of anilines is 1. The molecule has 1 N–H and O–H groups in total. The minimum atomic E-state index is -4.73. The Kier molecular flexibility index (Phi) is 5.62. The average molecular weight is 403 g/mol. The molecule has 1 fully saturated rings. The summed E-state index contributed by atoms with van der Waals surface area (Å²) in [5.74, 6) is -1.85. The number of alkyl halides is 3. The number of benzene rings is 1. The number of aromatic nitrogens is 1. The van der Waals surface area contributed by atoms with E-state index in [1.807, 2.05) is 0 Å². The zero-order chi connectivity index (χ0) is 19.8. The standard InChI is InChI=1S/C18H21F4N3OS/c1-10-5-4-6-25(10)9-14-15(24-17(23-2)27-14)11-7-12(18(20,21)22)16(26-3)13(19)8-11/h7-8,10H,4-6,9H2,1-3H3,(H,23,24). The number of methoxy groups -OCH3 is 1. The van der Waals surface area contributed by atoms with Gasteiger partial charge >= 0.3 is 6.18 Å². The van der Waals surface area contributed by atoms with Gasteiger partial charge in [0.25, 0.3) is 0 Å². The van der Waals surface area contributed by atoms with Gasteiger partial charge in [0.1, 0.15) is 5.56 Å². The van der Waals surface area contributed by atoms with Crippen LogP contribution in [0.1, 0.15) is 30.2 Å². The normalized spacial score (nSPS) is 18.1. The van der Waals surface area contributed by atoms with E-state index in [-0.39, 0.29) is 5.56 Å². The highest BCUT2D eigenvalue weighted by molar-refractivity contribution is 7.16. The number of nitrogens with zero attached hydrogens (tertiary/aromatic N) is 2. The molecular formula is C18H21F4N3OS. The number of rotatable bonds is 5. The van der Waals surface area contributed by atoms with Gasteiger partial charge in [0.05, 0.1) is 12.8 Å². The van der Waals surface area contributed by atoms with Crippen molar-refractivity contribution in [3.63, 3.8) is 0 Å². The van der Waals surface area contributed by atoms with E-state index in [4.69, 9.17) is 0 Å². The minimum Gasteiger partial charge on any atom is -0.493 e. The maximum atomic E-state index is 14.3. The molecule has 1 aliphatic rings. The fraction of sp³-hybridized carbons (Fsp3) is 0.500. The van der Waals surface area contributed by atoms with Crippen LogP contribution in [-0.4, -0.2) is 36.6 Å². The average Bonchev–Trinajstić information content (AvgIpc) is 3.20. The highest BCUT2D eigenvalue weighted by Crippen LogP contribution is 2.42.